The average molecular weight is 198 g/mol. The second kappa shape index (κ2) is 4.28. The SMILES string of the molecule is CCc1ccccc1N(C)C(=O)Cl. The molecule has 0 saturated heterocycles. The molecule has 13 heavy (non-hydrogen) atoms. The van der Waals surface area contributed by atoms with Crippen molar-refractivity contribution in [2.75, 3.05) is 11.9 Å². The van der Waals surface area contributed by atoms with Crippen molar-refractivity contribution in [2.45, 2.75) is 13.3 Å². The molecule has 0 aliphatic carbocycles. The molecule has 0 aliphatic rings. The van der Waals surface area contributed by atoms with Crippen LogP contribution in [-0.2, 0) is 6.42 Å². The summed E-state index contributed by atoms with van der Waals surface area (Å²) in [5.74, 6) is 0. The first-order valence-corrected chi connectivity index (χ1v) is 4.55. The fourth-order valence-corrected chi connectivity index (χ4v) is 1.32. The zero-order chi connectivity index (χ0) is 9.84. The van der Waals surface area contributed by atoms with Crippen molar-refractivity contribution < 1.29 is 4.79 Å². The van der Waals surface area contributed by atoms with Crippen LogP contribution in [0, 0.1) is 0 Å². The molecule has 0 N–H and O–H groups in total. The minimum atomic E-state index is -0.457. The normalized spacial score (nSPS) is 9.77. The van der Waals surface area contributed by atoms with Crippen molar-refractivity contribution in [1.29, 1.82) is 0 Å². The van der Waals surface area contributed by atoms with Gasteiger partial charge in [-0.15, -0.1) is 0 Å². The first kappa shape index (κ1) is 10.1. The van der Waals surface area contributed by atoms with Gasteiger partial charge in [-0.05, 0) is 29.7 Å². The number of hydrogen-bond acceptors (Lipinski definition) is 1. The van der Waals surface area contributed by atoms with E-state index in [0.717, 1.165) is 17.7 Å². The molecule has 1 aromatic carbocycles. The van der Waals surface area contributed by atoms with Crippen molar-refractivity contribution in [1.82, 2.24) is 0 Å². The Balaban J connectivity index is 3.05. The Morgan fingerprint density at radius 2 is 2.08 bits per heavy atom. The summed E-state index contributed by atoms with van der Waals surface area (Å²) in [6.07, 6.45) is 0.894. The number of halogens is 1. The van der Waals surface area contributed by atoms with Gasteiger partial charge < -0.3 is 4.90 Å². The maximum Gasteiger partial charge on any atom is 0.320 e. The van der Waals surface area contributed by atoms with E-state index < -0.39 is 5.37 Å². The van der Waals surface area contributed by atoms with E-state index in [2.05, 4.69) is 0 Å². The second-order valence-corrected chi connectivity index (χ2v) is 3.12. The summed E-state index contributed by atoms with van der Waals surface area (Å²) in [6, 6.07) is 7.73. The van der Waals surface area contributed by atoms with E-state index >= 15 is 0 Å². The van der Waals surface area contributed by atoms with Crippen molar-refractivity contribution >= 4 is 22.7 Å². The van der Waals surface area contributed by atoms with Crippen molar-refractivity contribution in [3.05, 3.63) is 29.8 Å². The molecule has 1 amide bonds. The van der Waals surface area contributed by atoms with Gasteiger partial charge in [0, 0.05) is 12.7 Å². The number of carbonyl (C=O) groups excluding carboxylic acids is 1. The lowest BCUT2D eigenvalue weighted by Gasteiger charge is -2.16. The largest absolute Gasteiger partial charge is 0.320 e. The van der Waals surface area contributed by atoms with E-state index in [-0.39, 0.29) is 0 Å². The van der Waals surface area contributed by atoms with Crippen molar-refractivity contribution in [3.63, 3.8) is 0 Å². The Bertz CT molecular complexity index is 312. The van der Waals surface area contributed by atoms with Crippen LogP contribution < -0.4 is 4.90 Å². The van der Waals surface area contributed by atoms with Crippen LogP contribution in [0.3, 0.4) is 0 Å². The van der Waals surface area contributed by atoms with Crippen LogP contribution >= 0.6 is 11.6 Å². The van der Waals surface area contributed by atoms with Crippen molar-refractivity contribution in [3.8, 4) is 0 Å². The number of hydrogen-bond donors (Lipinski definition) is 0. The lowest BCUT2D eigenvalue weighted by Crippen LogP contribution is -2.20. The third-order valence-electron chi connectivity index (χ3n) is 2.00. The summed E-state index contributed by atoms with van der Waals surface area (Å²) < 4.78 is 0. The smallest absolute Gasteiger partial charge is 0.302 e. The molecule has 1 rings (SSSR count). The van der Waals surface area contributed by atoms with Gasteiger partial charge in [-0.25, -0.2) is 0 Å². The Morgan fingerprint density at radius 3 is 2.62 bits per heavy atom. The van der Waals surface area contributed by atoms with Crippen LogP contribution in [0.2, 0.25) is 0 Å². The van der Waals surface area contributed by atoms with Gasteiger partial charge in [0.25, 0.3) is 0 Å². The Morgan fingerprint density at radius 1 is 1.46 bits per heavy atom. The number of amides is 1. The fraction of sp³-hybridized carbons (Fsp3) is 0.300. The molecule has 0 unspecified atom stereocenters. The number of anilines is 1. The molecular weight excluding hydrogens is 186 g/mol. The van der Waals surface area contributed by atoms with Gasteiger partial charge in [0.1, 0.15) is 0 Å². The molecule has 0 saturated carbocycles. The molecule has 3 heteroatoms. The fourth-order valence-electron chi connectivity index (χ4n) is 1.23. The van der Waals surface area contributed by atoms with Crippen LogP contribution in [0.1, 0.15) is 12.5 Å². The maximum atomic E-state index is 10.9. The van der Waals surface area contributed by atoms with Crippen LogP contribution in [0.25, 0.3) is 0 Å². The highest BCUT2D eigenvalue weighted by molar-refractivity contribution is 6.66. The Labute approximate surface area is 83.1 Å². The highest BCUT2D eigenvalue weighted by atomic mass is 35.5. The molecule has 0 aliphatic heterocycles. The molecule has 0 spiro atoms. The van der Waals surface area contributed by atoms with Crippen LogP contribution in [0.4, 0.5) is 10.5 Å². The lowest BCUT2D eigenvalue weighted by atomic mass is 10.1. The summed E-state index contributed by atoms with van der Waals surface area (Å²) in [7, 11) is 1.67. The minimum absolute atomic E-state index is 0.457. The van der Waals surface area contributed by atoms with E-state index in [1.54, 1.807) is 7.05 Å². The van der Waals surface area contributed by atoms with E-state index in [0.29, 0.717) is 0 Å². The second-order valence-electron chi connectivity index (χ2n) is 2.79. The molecular formula is C10H12ClNO. The summed E-state index contributed by atoms with van der Waals surface area (Å²) >= 11 is 5.38. The van der Waals surface area contributed by atoms with Gasteiger partial charge in [-0.3, -0.25) is 4.79 Å². The van der Waals surface area contributed by atoms with Crippen LogP contribution in [0.15, 0.2) is 24.3 Å². The topological polar surface area (TPSA) is 20.3 Å². The minimum Gasteiger partial charge on any atom is -0.302 e. The summed E-state index contributed by atoms with van der Waals surface area (Å²) in [5, 5.41) is -0.457. The zero-order valence-electron chi connectivity index (χ0n) is 7.75. The van der Waals surface area contributed by atoms with Gasteiger partial charge in [-0.2, -0.15) is 0 Å². The Hall–Kier alpha value is -1.02. The summed E-state index contributed by atoms with van der Waals surface area (Å²) in [5.41, 5.74) is 2.00. The third kappa shape index (κ3) is 2.22. The van der Waals surface area contributed by atoms with Gasteiger partial charge >= 0.3 is 5.37 Å². The number of nitrogens with zero attached hydrogens (tertiary/aromatic N) is 1. The molecule has 2 nitrogen and oxygen atoms in total. The van der Waals surface area contributed by atoms with Gasteiger partial charge in [0.05, 0.1) is 0 Å². The van der Waals surface area contributed by atoms with Crippen LogP contribution in [-0.4, -0.2) is 12.4 Å². The molecule has 0 radical (unpaired) electrons. The monoisotopic (exact) mass is 197 g/mol. The third-order valence-corrected chi connectivity index (χ3v) is 2.25. The molecule has 0 heterocycles. The van der Waals surface area contributed by atoms with Gasteiger partial charge in [0.2, 0.25) is 0 Å². The van der Waals surface area contributed by atoms with Crippen LogP contribution in [0.5, 0.6) is 0 Å². The first-order valence-electron chi connectivity index (χ1n) is 4.18. The summed E-state index contributed by atoms with van der Waals surface area (Å²) in [6.45, 7) is 2.05. The van der Waals surface area contributed by atoms with E-state index in [4.69, 9.17) is 11.6 Å². The predicted molar refractivity (Wildman–Crippen MR) is 55.5 cm³/mol. The number of para-hydroxylation sites is 1. The predicted octanol–water partition coefficient (Wildman–Crippen LogP) is 3.04. The van der Waals surface area contributed by atoms with Crippen molar-refractivity contribution in [2.24, 2.45) is 0 Å². The lowest BCUT2D eigenvalue weighted by molar-refractivity contribution is 0.265. The first-order chi connectivity index (χ1) is 6.16. The quantitative estimate of drug-likeness (QED) is 0.527. The number of aryl methyl sites for hydroxylation is 1. The molecule has 0 bridgehead atoms. The highest BCUT2D eigenvalue weighted by Gasteiger charge is 2.09. The number of rotatable bonds is 2. The zero-order valence-corrected chi connectivity index (χ0v) is 8.51. The standard InChI is InChI=1S/C10H12ClNO/c1-3-8-6-4-5-7-9(8)12(2)10(11)13/h4-7H,3H2,1-2H3. The average Bonchev–Trinajstić information content (AvgIpc) is 2.16. The number of carbonyl (C=O) groups is 1. The molecule has 0 aromatic heterocycles. The van der Waals surface area contributed by atoms with E-state index in [1.807, 2.05) is 31.2 Å². The molecule has 1 aromatic rings. The molecule has 0 fully saturated rings. The molecule has 0 atom stereocenters. The molecule has 70 valence electrons. The number of benzene rings is 1. The van der Waals surface area contributed by atoms with Gasteiger partial charge in [-0.1, -0.05) is 25.1 Å². The van der Waals surface area contributed by atoms with E-state index in [9.17, 15) is 4.79 Å². The summed E-state index contributed by atoms with van der Waals surface area (Å²) in [4.78, 5) is 12.3. The van der Waals surface area contributed by atoms with Gasteiger partial charge in [0.15, 0.2) is 0 Å². The van der Waals surface area contributed by atoms with E-state index in [1.165, 1.54) is 4.90 Å². The Kier molecular flexibility index (Phi) is 3.32. The maximum absolute atomic E-state index is 10.9. The highest BCUT2D eigenvalue weighted by Crippen LogP contribution is 2.20.